The molecule has 1 saturated heterocycles. The fourth-order valence-corrected chi connectivity index (χ4v) is 4.01. The first-order valence-electron chi connectivity index (χ1n) is 12.0. The normalized spacial score (nSPS) is 17.0. The summed E-state index contributed by atoms with van der Waals surface area (Å²) in [5.74, 6) is -2.05. The topological polar surface area (TPSA) is 142 Å². The van der Waals surface area contributed by atoms with Crippen molar-refractivity contribution < 1.29 is 24.0 Å². The highest BCUT2D eigenvalue weighted by molar-refractivity contribution is 5.98. The molecule has 2 rings (SSSR count). The van der Waals surface area contributed by atoms with Crippen molar-refractivity contribution in [3.05, 3.63) is 37.1 Å². The maximum atomic E-state index is 13.7. The van der Waals surface area contributed by atoms with Crippen LogP contribution in [0.3, 0.4) is 0 Å². The standard InChI is InChI=1S/C25H36N6O5/c1-7-17(28-22(34)18-14-26-11-12-27-18)21(33)29-20(25(4,5)6)24(36)31-13-9-10-19(31)23(35)30(8-2)15-16(3)32/h8,11-12,14,17,19-20H,2,7,9-10,13,15H2,1,3-6H3,(H,28,34)(H,29,33). The SMILES string of the molecule is C=CN(CC(C)=O)C(=O)C1CCCN1C(=O)C(NC(=O)C(CC)NC(=O)c1cnccn1)C(C)(C)C. The molecule has 3 unspecified atom stereocenters. The van der Waals surface area contributed by atoms with Crippen LogP contribution >= 0.6 is 0 Å². The summed E-state index contributed by atoms with van der Waals surface area (Å²) in [6.45, 7) is 12.4. The molecule has 2 N–H and O–H groups in total. The Hall–Kier alpha value is -3.63. The van der Waals surface area contributed by atoms with Crippen LogP contribution in [0.1, 0.15) is 64.4 Å². The summed E-state index contributed by atoms with van der Waals surface area (Å²) in [6, 6.07) is -2.61. The molecule has 0 bridgehead atoms. The third-order valence-electron chi connectivity index (χ3n) is 5.94. The monoisotopic (exact) mass is 500 g/mol. The van der Waals surface area contributed by atoms with Gasteiger partial charge in [-0.15, -0.1) is 0 Å². The van der Waals surface area contributed by atoms with Gasteiger partial charge in [0.15, 0.2) is 0 Å². The van der Waals surface area contributed by atoms with Gasteiger partial charge in [-0.05, 0) is 31.6 Å². The fraction of sp³-hybridized carbons (Fsp3) is 0.560. The molecule has 36 heavy (non-hydrogen) atoms. The number of rotatable bonds is 10. The first kappa shape index (κ1) is 28.6. The average Bonchev–Trinajstić information content (AvgIpc) is 3.33. The Bertz CT molecular complexity index is 990. The summed E-state index contributed by atoms with van der Waals surface area (Å²) in [7, 11) is 0. The zero-order valence-electron chi connectivity index (χ0n) is 21.6. The van der Waals surface area contributed by atoms with Gasteiger partial charge in [-0.3, -0.25) is 29.0 Å². The number of likely N-dealkylation sites (tertiary alicyclic amines) is 1. The molecule has 1 fully saturated rings. The van der Waals surface area contributed by atoms with Crippen LogP contribution in [-0.2, 0) is 19.2 Å². The van der Waals surface area contributed by atoms with E-state index in [4.69, 9.17) is 0 Å². The van der Waals surface area contributed by atoms with E-state index < -0.39 is 41.3 Å². The van der Waals surface area contributed by atoms with Crippen molar-refractivity contribution in [1.29, 1.82) is 0 Å². The van der Waals surface area contributed by atoms with Gasteiger partial charge in [-0.25, -0.2) is 4.98 Å². The van der Waals surface area contributed by atoms with Gasteiger partial charge in [-0.1, -0.05) is 34.3 Å². The second-order valence-corrected chi connectivity index (χ2v) is 9.87. The minimum Gasteiger partial charge on any atom is -0.342 e. The number of carbonyl (C=O) groups excluding carboxylic acids is 5. The number of nitrogens with one attached hydrogen (secondary N) is 2. The molecular formula is C25H36N6O5. The summed E-state index contributed by atoms with van der Waals surface area (Å²) in [6.07, 6.45) is 6.75. The van der Waals surface area contributed by atoms with E-state index in [0.717, 1.165) is 0 Å². The summed E-state index contributed by atoms with van der Waals surface area (Å²) in [4.78, 5) is 74.4. The Morgan fingerprint density at radius 3 is 2.44 bits per heavy atom. The molecule has 0 radical (unpaired) electrons. The lowest BCUT2D eigenvalue weighted by molar-refractivity contribution is -0.147. The van der Waals surface area contributed by atoms with Crippen LogP contribution in [0.2, 0.25) is 0 Å². The largest absolute Gasteiger partial charge is 0.342 e. The first-order valence-corrected chi connectivity index (χ1v) is 12.0. The molecule has 2 heterocycles. The molecule has 1 aromatic heterocycles. The average molecular weight is 501 g/mol. The summed E-state index contributed by atoms with van der Waals surface area (Å²) in [5, 5.41) is 5.43. The molecule has 11 heteroatoms. The first-order chi connectivity index (χ1) is 16.9. The van der Waals surface area contributed by atoms with E-state index in [-0.39, 0.29) is 30.3 Å². The van der Waals surface area contributed by atoms with E-state index in [0.29, 0.717) is 19.4 Å². The molecule has 4 amide bonds. The van der Waals surface area contributed by atoms with Gasteiger partial charge in [0.1, 0.15) is 29.6 Å². The molecular weight excluding hydrogens is 464 g/mol. The highest BCUT2D eigenvalue weighted by atomic mass is 16.2. The van der Waals surface area contributed by atoms with Gasteiger partial charge in [-0.2, -0.15) is 0 Å². The van der Waals surface area contributed by atoms with E-state index in [1.165, 1.54) is 41.5 Å². The molecule has 0 spiro atoms. The van der Waals surface area contributed by atoms with Crippen molar-refractivity contribution in [1.82, 2.24) is 30.4 Å². The summed E-state index contributed by atoms with van der Waals surface area (Å²) >= 11 is 0. The number of hydrogen-bond acceptors (Lipinski definition) is 7. The van der Waals surface area contributed by atoms with Crippen molar-refractivity contribution in [2.45, 2.75) is 72.0 Å². The van der Waals surface area contributed by atoms with Crippen molar-refractivity contribution >= 4 is 29.4 Å². The zero-order chi connectivity index (χ0) is 27.0. The lowest BCUT2D eigenvalue weighted by atomic mass is 9.85. The van der Waals surface area contributed by atoms with Crippen LogP contribution in [0.25, 0.3) is 0 Å². The Kier molecular flexibility index (Phi) is 9.83. The van der Waals surface area contributed by atoms with Crippen molar-refractivity contribution in [2.24, 2.45) is 5.41 Å². The lowest BCUT2D eigenvalue weighted by Gasteiger charge is -2.36. The smallest absolute Gasteiger partial charge is 0.272 e. The second kappa shape index (κ2) is 12.4. The molecule has 0 saturated carbocycles. The molecule has 1 aromatic rings. The highest BCUT2D eigenvalue weighted by Crippen LogP contribution is 2.27. The van der Waals surface area contributed by atoms with Crippen molar-refractivity contribution in [3.63, 3.8) is 0 Å². The molecule has 196 valence electrons. The molecule has 0 aromatic carbocycles. The third kappa shape index (κ3) is 7.19. The number of carbonyl (C=O) groups is 5. The van der Waals surface area contributed by atoms with Gasteiger partial charge >= 0.3 is 0 Å². The Balaban J connectivity index is 2.20. The Morgan fingerprint density at radius 1 is 1.22 bits per heavy atom. The number of nitrogens with zero attached hydrogens (tertiary/aromatic N) is 4. The van der Waals surface area contributed by atoms with Crippen LogP contribution in [0.15, 0.2) is 31.4 Å². The van der Waals surface area contributed by atoms with E-state index >= 15 is 0 Å². The summed E-state index contributed by atoms with van der Waals surface area (Å²) < 4.78 is 0. The van der Waals surface area contributed by atoms with E-state index in [1.807, 2.05) is 20.8 Å². The lowest BCUT2D eigenvalue weighted by Crippen LogP contribution is -2.60. The number of aromatic nitrogens is 2. The highest BCUT2D eigenvalue weighted by Gasteiger charge is 2.43. The van der Waals surface area contributed by atoms with Crippen molar-refractivity contribution in [3.8, 4) is 0 Å². The number of Topliss-reactive ketones (excluding diaryl/α,β-unsaturated/α-hetero) is 1. The Morgan fingerprint density at radius 2 is 1.92 bits per heavy atom. The second-order valence-electron chi connectivity index (χ2n) is 9.87. The van der Waals surface area contributed by atoms with E-state index in [9.17, 15) is 24.0 Å². The van der Waals surface area contributed by atoms with Crippen molar-refractivity contribution in [2.75, 3.05) is 13.1 Å². The predicted molar refractivity (Wildman–Crippen MR) is 132 cm³/mol. The maximum absolute atomic E-state index is 13.7. The zero-order valence-corrected chi connectivity index (χ0v) is 21.6. The predicted octanol–water partition coefficient (Wildman–Crippen LogP) is 1.07. The van der Waals surface area contributed by atoms with Gasteiger partial charge < -0.3 is 20.4 Å². The van der Waals surface area contributed by atoms with Gasteiger partial charge in [0.05, 0.1) is 12.7 Å². The van der Waals surface area contributed by atoms with E-state index in [1.54, 1.807) is 6.92 Å². The van der Waals surface area contributed by atoms with Gasteiger partial charge in [0, 0.05) is 25.1 Å². The summed E-state index contributed by atoms with van der Waals surface area (Å²) in [5.41, 5.74) is -0.615. The van der Waals surface area contributed by atoms with Crippen LogP contribution in [0.4, 0.5) is 0 Å². The number of hydrogen-bond donors (Lipinski definition) is 2. The van der Waals surface area contributed by atoms with Crippen LogP contribution in [0.5, 0.6) is 0 Å². The molecule has 0 aliphatic carbocycles. The van der Waals surface area contributed by atoms with Crippen LogP contribution in [0, 0.1) is 5.41 Å². The maximum Gasteiger partial charge on any atom is 0.272 e. The van der Waals surface area contributed by atoms with Crippen LogP contribution in [-0.4, -0.2) is 80.4 Å². The van der Waals surface area contributed by atoms with Gasteiger partial charge in [0.2, 0.25) is 17.7 Å². The molecule has 1 aliphatic heterocycles. The van der Waals surface area contributed by atoms with E-state index in [2.05, 4.69) is 27.2 Å². The van der Waals surface area contributed by atoms with Crippen LogP contribution < -0.4 is 10.6 Å². The minimum absolute atomic E-state index is 0.0722. The molecule has 11 nitrogen and oxygen atoms in total. The quantitative estimate of drug-likeness (QED) is 0.489. The van der Waals surface area contributed by atoms with Gasteiger partial charge in [0.25, 0.3) is 5.91 Å². The fourth-order valence-electron chi connectivity index (χ4n) is 4.01. The molecule has 3 atom stereocenters. The third-order valence-corrected chi connectivity index (χ3v) is 5.94. The number of amides is 4. The minimum atomic E-state index is -0.953. The molecule has 1 aliphatic rings. The Labute approximate surface area is 211 Å². The number of ketones is 1.